The number of nitrogens with zero attached hydrogens (tertiary/aromatic N) is 2. The molecule has 7 heteroatoms. The molecule has 0 radical (unpaired) electrons. The first-order chi connectivity index (χ1) is 13.4. The maximum absolute atomic E-state index is 12.0. The smallest absolute Gasteiger partial charge is 0.305 e. The van der Waals surface area contributed by atoms with E-state index < -0.39 is 0 Å². The van der Waals surface area contributed by atoms with E-state index in [1.165, 1.54) is 6.08 Å². The second kappa shape index (κ2) is 10.7. The van der Waals surface area contributed by atoms with Crippen LogP contribution in [0, 0.1) is 13.8 Å². The summed E-state index contributed by atoms with van der Waals surface area (Å²) < 4.78 is 6.73. The molecular weight excluding hydrogens is 378 g/mol. The Hall–Kier alpha value is -2.60. The third-order valence-electron chi connectivity index (χ3n) is 4.28. The van der Waals surface area contributed by atoms with Crippen LogP contribution in [0.4, 0.5) is 0 Å². The van der Waals surface area contributed by atoms with E-state index in [0.29, 0.717) is 37.6 Å². The van der Waals surface area contributed by atoms with Gasteiger partial charge in [0.15, 0.2) is 0 Å². The standard InChI is InChI=1S/C21H26ClN3O3/c1-4-28-21(27)10-7-13-23-20(26)12-11-18-15(2)24-25(16(18)3)14-17-8-5-6-9-19(17)22/h5-6,8-9,11-12H,4,7,10,13-14H2,1-3H3,(H,23,26)/b12-11+. The zero-order valence-corrected chi connectivity index (χ0v) is 17.3. The lowest BCUT2D eigenvalue weighted by molar-refractivity contribution is -0.143. The van der Waals surface area contributed by atoms with Gasteiger partial charge in [0.25, 0.3) is 0 Å². The summed E-state index contributed by atoms with van der Waals surface area (Å²) in [5.41, 5.74) is 3.71. The molecule has 0 saturated carbocycles. The van der Waals surface area contributed by atoms with E-state index in [0.717, 1.165) is 22.5 Å². The van der Waals surface area contributed by atoms with Crippen molar-refractivity contribution >= 4 is 29.6 Å². The van der Waals surface area contributed by atoms with Crippen molar-refractivity contribution in [3.8, 4) is 0 Å². The Labute approximate surface area is 170 Å². The monoisotopic (exact) mass is 403 g/mol. The van der Waals surface area contributed by atoms with Crippen molar-refractivity contribution < 1.29 is 14.3 Å². The number of carbonyl (C=O) groups is 2. The highest BCUT2D eigenvalue weighted by Gasteiger charge is 2.11. The van der Waals surface area contributed by atoms with Crippen LogP contribution >= 0.6 is 11.6 Å². The molecular formula is C21H26ClN3O3. The molecule has 0 aliphatic rings. The minimum absolute atomic E-state index is 0.207. The van der Waals surface area contributed by atoms with E-state index in [1.54, 1.807) is 13.0 Å². The summed E-state index contributed by atoms with van der Waals surface area (Å²) in [5.74, 6) is -0.453. The van der Waals surface area contributed by atoms with E-state index in [4.69, 9.17) is 16.3 Å². The molecule has 1 heterocycles. The number of carbonyl (C=O) groups excluding carboxylic acids is 2. The number of esters is 1. The molecule has 1 aromatic heterocycles. The topological polar surface area (TPSA) is 73.2 Å². The molecule has 2 aromatic rings. The highest BCUT2D eigenvalue weighted by molar-refractivity contribution is 6.31. The molecule has 0 fully saturated rings. The van der Waals surface area contributed by atoms with Crippen LogP contribution in [0.2, 0.25) is 5.02 Å². The fourth-order valence-corrected chi connectivity index (χ4v) is 2.98. The van der Waals surface area contributed by atoms with Crippen LogP contribution in [-0.2, 0) is 20.9 Å². The largest absolute Gasteiger partial charge is 0.466 e. The normalized spacial score (nSPS) is 11.0. The summed E-state index contributed by atoms with van der Waals surface area (Å²) in [6.45, 7) is 7.01. The highest BCUT2D eigenvalue weighted by atomic mass is 35.5. The fraction of sp³-hybridized carbons (Fsp3) is 0.381. The molecule has 0 unspecified atom stereocenters. The SMILES string of the molecule is CCOC(=O)CCCNC(=O)/C=C/c1c(C)nn(Cc2ccccc2Cl)c1C. The Morgan fingerprint density at radius 2 is 2.04 bits per heavy atom. The molecule has 0 aliphatic heterocycles. The molecule has 0 spiro atoms. The third-order valence-corrected chi connectivity index (χ3v) is 4.65. The van der Waals surface area contributed by atoms with E-state index in [-0.39, 0.29) is 11.9 Å². The number of amides is 1. The van der Waals surface area contributed by atoms with E-state index in [9.17, 15) is 9.59 Å². The summed E-state index contributed by atoms with van der Waals surface area (Å²) in [4.78, 5) is 23.3. The van der Waals surface area contributed by atoms with Gasteiger partial charge in [0.05, 0.1) is 18.8 Å². The first kappa shape index (κ1) is 21.7. The molecule has 150 valence electrons. The number of aryl methyl sites for hydroxylation is 1. The van der Waals surface area contributed by atoms with Crippen molar-refractivity contribution in [2.75, 3.05) is 13.2 Å². The second-order valence-electron chi connectivity index (χ2n) is 6.37. The number of halogens is 1. The zero-order chi connectivity index (χ0) is 20.5. The van der Waals surface area contributed by atoms with E-state index >= 15 is 0 Å². The van der Waals surface area contributed by atoms with Gasteiger partial charge < -0.3 is 10.1 Å². The molecule has 0 aliphatic carbocycles. The first-order valence-corrected chi connectivity index (χ1v) is 9.69. The Morgan fingerprint density at radius 1 is 1.29 bits per heavy atom. The summed E-state index contributed by atoms with van der Waals surface area (Å²) in [5, 5.41) is 8.03. The lowest BCUT2D eigenvalue weighted by Gasteiger charge is -2.06. The highest BCUT2D eigenvalue weighted by Crippen LogP contribution is 2.20. The average Bonchev–Trinajstić information content (AvgIpc) is 2.92. The Morgan fingerprint density at radius 3 is 2.75 bits per heavy atom. The number of hydrogen-bond acceptors (Lipinski definition) is 4. The molecule has 28 heavy (non-hydrogen) atoms. The number of rotatable bonds is 9. The Balaban J connectivity index is 1.93. The van der Waals surface area contributed by atoms with Crippen LogP contribution in [0.15, 0.2) is 30.3 Å². The predicted octanol–water partition coefficient (Wildman–Crippen LogP) is 3.67. The quantitative estimate of drug-likeness (QED) is 0.394. The van der Waals surface area contributed by atoms with Crippen LogP contribution in [0.25, 0.3) is 6.08 Å². The van der Waals surface area contributed by atoms with E-state index in [2.05, 4.69) is 10.4 Å². The maximum Gasteiger partial charge on any atom is 0.305 e. The summed E-state index contributed by atoms with van der Waals surface area (Å²) in [6, 6.07) is 7.67. The molecule has 1 aromatic carbocycles. The van der Waals surface area contributed by atoms with Crippen molar-refractivity contribution in [1.29, 1.82) is 0 Å². The predicted molar refractivity (Wildman–Crippen MR) is 110 cm³/mol. The van der Waals surface area contributed by atoms with Crippen LogP contribution < -0.4 is 5.32 Å². The van der Waals surface area contributed by atoms with Gasteiger partial charge in [-0.3, -0.25) is 14.3 Å². The Kier molecular flexibility index (Phi) is 8.26. The fourth-order valence-electron chi connectivity index (χ4n) is 2.79. The van der Waals surface area contributed by atoms with Crippen LogP contribution in [0.3, 0.4) is 0 Å². The molecule has 0 saturated heterocycles. The second-order valence-corrected chi connectivity index (χ2v) is 6.77. The summed E-state index contributed by atoms with van der Waals surface area (Å²) in [7, 11) is 0. The van der Waals surface area contributed by atoms with Gasteiger partial charge in [0.1, 0.15) is 0 Å². The van der Waals surface area contributed by atoms with Crippen molar-refractivity contribution in [2.45, 2.75) is 40.2 Å². The van der Waals surface area contributed by atoms with Gasteiger partial charge >= 0.3 is 5.97 Å². The molecule has 6 nitrogen and oxygen atoms in total. The number of ether oxygens (including phenoxy) is 1. The lowest BCUT2D eigenvalue weighted by Crippen LogP contribution is -2.22. The van der Waals surface area contributed by atoms with Gasteiger partial charge in [0, 0.05) is 35.3 Å². The molecule has 1 amide bonds. The molecule has 2 rings (SSSR count). The maximum atomic E-state index is 12.0. The van der Waals surface area contributed by atoms with Crippen LogP contribution in [-0.4, -0.2) is 34.8 Å². The minimum atomic E-state index is -0.246. The number of aromatic nitrogens is 2. The molecule has 1 N–H and O–H groups in total. The van der Waals surface area contributed by atoms with Crippen molar-refractivity contribution in [3.05, 3.63) is 57.9 Å². The van der Waals surface area contributed by atoms with Gasteiger partial charge in [-0.1, -0.05) is 29.8 Å². The number of hydrogen-bond donors (Lipinski definition) is 1. The van der Waals surface area contributed by atoms with Gasteiger partial charge in [-0.05, 0) is 44.9 Å². The molecule has 0 atom stereocenters. The zero-order valence-electron chi connectivity index (χ0n) is 16.5. The van der Waals surface area contributed by atoms with Gasteiger partial charge in [-0.25, -0.2) is 0 Å². The lowest BCUT2D eigenvalue weighted by atomic mass is 10.1. The summed E-state index contributed by atoms with van der Waals surface area (Å²) in [6.07, 6.45) is 4.10. The van der Waals surface area contributed by atoms with E-state index in [1.807, 2.05) is 42.8 Å². The van der Waals surface area contributed by atoms with Crippen molar-refractivity contribution in [2.24, 2.45) is 0 Å². The van der Waals surface area contributed by atoms with Crippen molar-refractivity contribution in [1.82, 2.24) is 15.1 Å². The number of nitrogens with one attached hydrogen (secondary N) is 1. The number of benzene rings is 1. The minimum Gasteiger partial charge on any atom is -0.466 e. The van der Waals surface area contributed by atoms with Crippen LogP contribution in [0.1, 0.15) is 42.3 Å². The summed E-state index contributed by atoms with van der Waals surface area (Å²) >= 11 is 6.24. The van der Waals surface area contributed by atoms with Crippen molar-refractivity contribution in [3.63, 3.8) is 0 Å². The van der Waals surface area contributed by atoms with Gasteiger partial charge in [-0.2, -0.15) is 5.10 Å². The van der Waals surface area contributed by atoms with Crippen LogP contribution in [0.5, 0.6) is 0 Å². The van der Waals surface area contributed by atoms with Gasteiger partial charge in [0.2, 0.25) is 5.91 Å². The third kappa shape index (κ3) is 6.23. The average molecular weight is 404 g/mol. The Bertz CT molecular complexity index is 859. The van der Waals surface area contributed by atoms with Gasteiger partial charge in [-0.15, -0.1) is 0 Å². The first-order valence-electron chi connectivity index (χ1n) is 9.31. The molecule has 0 bridgehead atoms.